The first-order valence-corrected chi connectivity index (χ1v) is 7.10. The molecular weight excluding hydrogens is 148 g/mol. The Balaban J connectivity index is 4.22. The van der Waals surface area contributed by atoms with Crippen molar-refractivity contribution in [2.24, 2.45) is 0 Å². The SMILES string of the molecule is C=C/C=C(\C=C/CC)[SiH](C)C. The van der Waals surface area contributed by atoms with Gasteiger partial charge in [-0.2, -0.15) is 0 Å². The summed E-state index contributed by atoms with van der Waals surface area (Å²) in [5.41, 5.74) is 0. The molecule has 0 saturated heterocycles. The topological polar surface area (TPSA) is 0 Å². The summed E-state index contributed by atoms with van der Waals surface area (Å²) in [6, 6.07) is 0. The molecule has 0 spiro atoms. The van der Waals surface area contributed by atoms with E-state index in [1.54, 1.807) is 0 Å². The Labute approximate surface area is 71.9 Å². The average molecular weight is 166 g/mol. The monoisotopic (exact) mass is 166 g/mol. The van der Waals surface area contributed by atoms with Crippen LogP contribution in [0.3, 0.4) is 0 Å². The average Bonchev–Trinajstić information content (AvgIpc) is 1.97. The Hall–Kier alpha value is -0.563. The second-order valence-corrected chi connectivity index (χ2v) is 5.84. The van der Waals surface area contributed by atoms with E-state index in [2.05, 4.69) is 44.8 Å². The van der Waals surface area contributed by atoms with E-state index in [-0.39, 0.29) is 0 Å². The quantitative estimate of drug-likeness (QED) is 0.445. The van der Waals surface area contributed by atoms with Crippen LogP contribution in [0.5, 0.6) is 0 Å². The summed E-state index contributed by atoms with van der Waals surface area (Å²) in [7, 11) is -0.632. The summed E-state index contributed by atoms with van der Waals surface area (Å²) in [4.78, 5) is 0. The molecule has 0 aliphatic rings. The molecule has 0 fully saturated rings. The molecule has 0 amide bonds. The Bertz CT molecular complexity index is 164. The Morgan fingerprint density at radius 1 is 1.45 bits per heavy atom. The van der Waals surface area contributed by atoms with Crippen molar-refractivity contribution in [1.29, 1.82) is 0 Å². The molecule has 0 heterocycles. The standard InChI is InChI=1S/C10H18Si/c1-5-7-9-10(8-6-2)11(3)4/h6-9,11H,2,5H2,1,3-4H3/b9-7-,10-8+. The zero-order chi connectivity index (χ0) is 8.69. The van der Waals surface area contributed by atoms with Crippen LogP contribution in [0.2, 0.25) is 13.1 Å². The van der Waals surface area contributed by atoms with Gasteiger partial charge in [-0.05, 0) is 6.42 Å². The summed E-state index contributed by atoms with van der Waals surface area (Å²) >= 11 is 0. The lowest BCUT2D eigenvalue weighted by molar-refractivity contribution is 1.22. The van der Waals surface area contributed by atoms with Gasteiger partial charge in [0.05, 0.1) is 8.80 Å². The maximum absolute atomic E-state index is 3.70. The van der Waals surface area contributed by atoms with Gasteiger partial charge in [0.1, 0.15) is 0 Å². The smallest absolute Gasteiger partial charge is 0.0647 e. The normalized spacial score (nSPS) is 12.9. The Morgan fingerprint density at radius 3 is 2.45 bits per heavy atom. The van der Waals surface area contributed by atoms with Gasteiger partial charge in [0.2, 0.25) is 0 Å². The Kier molecular flexibility index (Phi) is 5.85. The fraction of sp³-hybridized carbons (Fsp3) is 0.400. The molecule has 0 atom stereocenters. The largest absolute Gasteiger partial charge is 0.0991 e. The minimum Gasteiger partial charge on any atom is -0.0991 e. The van der Waals surface area contributed by atoms with Crippen LogP contribution in [-0.2, 0) is 0 Å². The predicted octanol–water partition coefficient (Wildman–Crippen LogP) is 3.09. The molecular formula is C10H18Si. The van der Waals surface area contributed by atoms with Crippen LogP contribution in [-0.4, -0.2) is 8.80 Å². The van der Waals surface area contributed by atoms with E-state index in [0.717, 1.165) is 6.42 Å². The highest BCUT2D eigenvalue weighted by Crippen LogP contribution is 2.03. The fourth-order valence-corrected chi connectivity index (χ4v) is 1.87. The predicted molar refractivity (Wildman–Crippen MR) is 56.6 cm³/mol. The number of allylic oxidation sites excluding steroid dienone is 5. The minimum atomic E-state index is -0.632. The van der Waals surface area contributed by atoms with E-state index >= 15 is 0 Å². The van der Waals surface area contributed by atoms with Gasteiger partial charge in [-0.15, -0.1) is 0 Å². The number of hydrogen-bond donors (Lipinski definition) is 0. The van der Waals surface area contributed by atoms with Gasteiger partial charge >= 0.3 is 0 Å². The lowest BCUT2D eigenvalue weighted by Gasteiger charge is -2.02. The van der Waals surface area contributed by atoms with Crippen molar-refractivity contribution in [3.63, 3.8) is 0 Å². The molecule has 0 aromatic carbocycles. The molecule has 0 aliphatic heterocycles. The van der Waals surface area contributed by atoms with Crippen LogP contribution >= 0.6 is 0 Å². The third kappa shape index (κ3) is 4.79. The summed E-state index contributed by atoms with van der Waals surface area (Å²) < 4.78 is 0. The molecule has 0 radical (unpaired) electrons. The molecule has 0 nitrogen and oxygen atoms in total. The first-order chi connectivity index (χ1) is 5.22. The second-order valence-electron chi connectivity index (χ2n) is 2.87. The molecule has 0 aliphatic carbocycles. The van der Waals surface area contributed by atoms with Gasteiger partial charge < -0.3 is 0 Å². The van der Waals surface area contributed by atoms with Crippen LogP contribution in [0, 0.1) is 0 Å². The maximum atomic E-state index is 3.70. The van der Waals surface area contributed by atoms with E-state index in [1.807, 2.05) is 6.08 Å². The van der Waals surface area contributed by atoms with Crippen LogP contribution in [0.1, 0.15) is 13.3 Å². The van der Waals surface area contributed by atoms with Crippen molar-refractivity contribution >= 4 is 8.80 Å². The zero-order valence-electron chi connectivity index (χ0n) is 7.80. The van der Waals surface area contributed by atoms with Gasteiger partial charge in [-0.1, -0.05) is 56.1 Å². The van der Waals surface area contributed by atoms with Crippen LogP contribution in [0.4, 0.5) is 0 Å². The Morgan fingerprint density at radius 2 is 2.09 bits per heavy atom. The molecule has 0 unspecified atom stereocenters. The summed E-state index contributed by atoms with van der Waals surface area (Å²) in [6.45, 7) is 10.5. The number of hydrogen-bond acceptors (Lipinski definition) is 0. The molecule has 1 heteroatoms. The summed E-state index contributed by atoms with van der Waals surface area (Å²) in [6.07, 6.45) is 9.57. The highest BCUT2D eigenvalue weighted by molar-refractivity contribution is 6.64. The molecule has 0 N–H and O–H groups in total. The van der Waals surface area contributed by atoms with Crippen LogP contribution in [0.25, 0.3) is 0 Å². The van der Waals surface area contributed by atoms with E-state index in [1.165, 1.54) is 5.20 Å². The van der Waals surface area contributed by atoms with E-state index in [4.69, 9.17) is 0 Å². The van der Waals surface area contributed by atoms with Crippen LogP contribution < -0.4 is 0 Å². The first-order valence-electron chi connectivity index (χ1n) is 4.21. The molecule has 0 bridgehead atoms. The van der Waals surface area contributed by atoms with E-state index in [0.29, 0.717) is 0 Å². The molecule has 0 rings (SSSR count). The van der Waals surface area contributed by atoms with Crippen molar-refractivity contribution in [3.8, 4) is 0 Å². The third-order valence-electron chi connectivity index (χ3n) is 1.52. The van der Waals surface area contributed by atoms with Crippen molar-refractivity contribution in [2.45, 2.75) is 26.4 Å². The number of rotatable bonds is 4. The third-order valence-corrected chi connectivity index (χ3v) is 3.24. The van der Waals surface area contributed by atoms with Gasteiger partial charge in [-0.25, -0.2) is 0 Å². The lowest BCUT2D eigenvalue weighted by Crippen LogP contribution is -2.02. The first kappa shape index (κ1) is 10.4. The highest BCUT2D eigenvalue weighted by atomic mass is 28.3. The van der Waals surface area contributed by atoms with Gasteiger partial charge in [0.15, 0.2) is 0 Å². The van der Waals surface area contributed by atoms with Crippen molar-refractivity contribution < 1.29 is 0 Å². The molecule has 62 valence electrons. The van der Waals surface area contributed by atoms with Crippen LogP contribution in [0.15, 0.2) is 36.1 Å². The van der Waals surface area contributed by atoms with Gasteiger partial charge in [-0.3, -0.25) is 0 Å². The molecule has 0 saturated carbocycles. The molecule has 0 aromatic heterocycles. The highest BCUT2D eigenvalue weighted by Gasteiger charge is 1.97. The molecule has 11 heavy (non-hydrogen) atoms. The minimum absolute atomic E-state index is 0.632. The zero-order valence-corrected chi connectivity index (χ0v) is 8.96. The summed E-state index contributed by atoms with van der Waals surface area (Å²) in [5, 5.41) is 1.49. The van der Waals surface area contributed by atoms with Crippen molar-refractivity contribution in [3.05, 3.63) is 36.1 Å². The summed E-state index contributed by atoms with van der Waals surface area (Å²) in [5.74, 6) is 0. The fourth-order valence-electron chi connectivity index (χ4n) is 0.830. The van der Waals surface area contributed by atoms with Crippen molar-refractivity contribution in [1.82, 2.24) is 0 Å². The van der Waals surface area contributed by atoms with E-state index in [9.17, 15) is 0 Å². The second kappa shape index (κ2) is 6.17. The lowest BCUT2D eigenvalue weighted by atomic mass is 10.4. The molecule has 0 aromatic rings. The van der Waals surface area contributed by atoms with Gasteiger partial charge in [0, 0.05) is 0 Å². The van der Waals surface area contributed by atoms with Gasteiger partial charge in [0.25, 0.3) is 0 Å². The van der Waals surface area contributed by atoms with Crippen molar-refractivity contribution in [2.75, 3.05) is 0 Å². The van der Waals surface area contributed by atoms with E-state index < -0.39 is 8.80 Å². The maximum Gasteiger partial charge on any atom is 0.0647 e.